The van der Waals surface area contributed by atoms with Crippen LogP contribution >= 0.6 is 0 Å². The molecule has 1 aliphatic rings. The lowest BCUT2D eigenvalue weighted by atomic mass is 10.1. The molecule has 0 unspecified atom stereocenters. The van der Waals surface area contributed by atoms with Gasteiger partial charge in [0.25, 0.3) is 17.5 Å². The van der Waals surface area contributed by atoms with Crippen LogP contribution in [0.3, 0.4) is 0 Å². The number of nitrogens with one attached hydrogen (secondary N) is 1. The molecule has 1 fully saturated rings. The lowest BCUT2D eigenvalue weighted by Gasteiger charge is -2.35. The number of nitrogens with zero attached hydrogens (tertiary/aromatic N) is 3. The van der Waals surface area contributed by atoms with Crippen molar-refractivity contribution < 1.29 is 14.5 Å². The molecule has 8 nitrogen and oxygen atoms in total. The molecule has 0 saturated carbocycles. The fourth-order valence-electron chi connectivity index (χ4n) is 3.89. The van der Waals surface area contributed by atoms with Crippen LogP contribution in [0.25, 0.3) is 0 Å². The van der Waals surface area contributed by atoms with Crippen LogP contribution in [0.15, 0.2) is 72.8 Å². The third kappa shape index (κ3) is 4.85. The van der Waals surface area contributed by atoms with Gasteiger partial charge in [0.05, 0.1) is 4.92 Å². The van der Waals surface area contributed by atoms with Gasteiger partial charge in [0.1, 0.15) is 5.69 Å². The van der Waals surface area contributed by atoms with Gasteiger partial charge in [-0.1, -0.05) is 36.4 Å². The molecule has 33 heavy (non-hydrogen) atoms. The third-order valence-electron chi connectivity index (χ3n) is 5.75. The van der Waals surface area contributed by atoms with Gasteiger partial charge in [-0.2, -0.15) is 0 Å². The fourth-order valence-corrected chi connectivity index (χ4v) is 3.89. The number of rotatable bonds is 5. The van der Waals surface area contributed by atoms with Crippen molar-refractivity contribution in [3.63, 3.8) is 0 Å². The topological polar surface area (TPSA) is 95.8 Å². The van der Waals surface area contributed by atoms with Gasteiger partial charge in [0.15, 0.2) is 0 Å². The summed E-state index contributed by atoms with van der Waals surface area (Å²) >= 11 is 0. The molecule has 0 spiro atoms. The number of amides is 2. The predicted octanol–water partition coefficient (Wildman–Crippen LogP) is 4.12. The number of hydrogen-bond acceptors (Lipinski definition) is 5. The van der Waals surface area contributed by atoms with Gasteiger partial charge >= 0.3 is 0 Å². The summed E-state index contributed by atoms with van der Waals surface area (Å²) in [4.78, 5) is 40.3. The highest BCUT2D eigenvalue weighted by Crippen LogP contribution is 2.28. The van der Waals surface area contributed by atoms with E-state index >= 15 is 0 Å². The van der Waals surface area contributed by atoms with Gasteiger partial charge in [-0.3, -0.25) is 19.7 Å². The number of benzene rings is 3. The summed E-state index contributed by atoms with van der Waals surface area (Å²) in [6, 6.07) is 20.8. The van der Waals surface area contributed by atoms with E-state index in [0.29, 0.717) is 48.7 Å². The first-order valence-electron chi connectivity index (χ1n) is 10.7. The second-order valence-electron chi connectivity index (χ2n) is 7.87. The largest absolute Gasteiger partial charge is 0.362 e. The summed E-state index contributed by atoms with van der Waals surface area (Å²) in [6.45, 7) is 3.77. The Balaban J connectivity index is 1.45. The number of piperazine rings is 1. The molecule has 1 N–H and O–H groups in total. The molecule has 0 atom stereocenters. The molecule has 4 rings (SSSR count). The van der Waals surface area contributed by atoms with Crippen LogP contribution in [-0.2, 0) is 0 Å². The van der Waals surface area contributed by atoms with Crippen LogP contribution < -0.4 is 10.2 Å². The Kier molecular flexibility index (Phi) is 6.35. The lowest BCUT2D eigenvalue weighted by Crippen LogP contribution is -2.49. The van der Waals surface area contributed by atoms with E-state index in [1.807, 2.05) is 24.0 Å². The van der Waals surface area contributed by atoms with Gasteiger partial charge in [0, 0.05) is 49.1 Å². The van der Waals surface area contributed by atoms with Gasteiger partial charge in [-0.05, 0) is 42.8 Å². The summed E-state index contributed by atoms with van der Waals surface area (Å²) in [7, 11) is 0. The van der Waals surface area contributed by atoms with Crippen LogP contribution in [0.5, 0.6) is 0 Å². The predicted molar refractivity (Wildman–Crippen MR) is 127 cm³/mol. The van der Waals surface area contributed by atoms with Gasteiger partial charge in [-0.15, -0.1) is 0 Å². The zero-order valence-corrected chi connectivity index (χ0v) is 18.2. The second kappa shape index (κ2) is 9.52. The highest BCUT2D eigenvalue weighted by Gasteiger charge is 2.26. The number of anilines is 2. The summed E-state index contributed by atoms with van der Waals surface area (Å²) in [5, 5.41) is 14.2. The van der Waals surface area contributed by atoms with E-state index in [1.165, 1.54) is 6.07 Å². The van der Waals surface area contributed by atoms with E-state index in [4.69, 9.17) is 0 Å². The second-order valence-corrected chi connectivity index (χ2v) is 7.87. The zero-order valence-electron chi connectivity index (χ0n) is 18.2. The van der Waals surface area contributed by atoms with E-state index in [1.54, 1.807) is 59.5 Å². The van der Waals surface area contributed by atoms with Crippen molar-refractivity contribution in [2.45, 2.75) is 6.92 Å². The van der Waals surface area contributed by atoms with E-state index in [9.17, 15) is 19.7 Å². The first kappa shape index (κ1) is 22.0. The quantitative estimate of drug-likeness (QED) is 0.472. The maximum Gasteiger partial charge on any atom is 0.292 e. The molecular formula is C25H24N4O4. The Labute approximate surface area is 191 Å². The van der Waals surface area contributed by atoms with Crippen molar-refractivity contribution in [1.29, 1.82) is 0 Å². The smallest absolute Gasteiger partial charge is 0.292 e. The Bertz CT molecular complexity index is 1190. The standard InChI is InChI=1S/C25H24N4O4/c1-18-11-12-20(17-21(18)26-24(30)19-7-3-2-4-8-19)25(31)28-15-13-27(14-16-28)22-9-5-6-10-23(22)29(32)33/h2-12,17H,13-16H2,1H3,(H,26,30). The zero-order chi connectivity index (χ0) is 23.4. The highest BCUT2D eigenvalue weighted by molar-refractivity contribution is 6.05. The number of hydrogen-bond donors (Lipinski definition) is 1. The van der Waals surface area contributed by atoms with Crippen molar-refractivity contribution in [2.75, 3.05) is 36.4 Å². The van der Waals surface area contributed by atoms with E-state index in [2.05, 4.69) is 5.32 Å². The number of nitro groups is 1. The Morgan fingerprint density at radius 2 is 1.55 bits per heavy atom. The minimum Gasteiger partial charge on any atom is -0.362 e. The third-order valence-corrected chi connectivity index (χ3v) is 5.75. The minimum absolute atomic E-state index is 0.0645. The molecular weight excluding hydrogens is 420 g/mol. The molecule has 8 heteroatoms. The molecule has 2 amide bonds. The monoisotopic (exact) mass is 444 g/mol. The van der Waals surface area contributed by atoms with Gasteiger partial charge < -0.3 is 15.1 Å². The van der Waals surface area contributed by atoms with Crippen molar-refractivity contribution in [1.82, 2.24) is 4.90 Å². The molecule has 1 saturated heterocycles. The number of nitro benzene ring substituents is 1. The summed E-state index contributed by atoms with van der Waals surface area (Å²) in [5.41, 5.74) is 3.11. The highest BCUT2D eigenvalue weighted by atomic mass is 16.6. The molecule has 3 aromatic carbocycles. The molecule has 0 aromatic heterocycles. The molecule has 0 aliphatic carbocycles. The van der Waals surface area contributed by atoms with Crippen LogP contribution in [0.1, 0.15) is 26.3 Å². The maximum absolute atomic E-state index is 13.1. The van der Waals surface area contributed by atoms with Crippen molar-refractivity contribution in [3.8, 4) is 0 Å². The normalized spacial score (nSPS) is 13.5. The number of carbonyl (C=O) groups is 2. The van der Waals surface area contributed by atoms with E-state index in [0.717, 1.165) is 5.56 Å². The Morgan fingerprint density at radius 1 is 0.879 bits per heavy atom. The summed E-state index contributed by atoms with van der Waals surface area (Å²) in [5.74, 6) is -0.367. The molecule has 1 aliphatic heterocycles. The SMILES string of the molecule is Cc1ccc(C(=O)N2CCN(c3ccccc3[N+](=O)[O-])CC2)cc1NC(=O)c1ccccc1. The minimum atomic E-state index is -0.384. The average Bonchev–Trinajstić information content (AvgIpc) is 2.85. The number of para-hydroxylation sites is 2. The lowest BCUT2D eigenvalue weighted by molar-refractivity contribution is -0.384. The first-order valence-corrected chi connectivity index (χ1v) is 10.7. The molecule has 168 valence electrons. The van der Waals surface area contributed by atoms with Crippen molar-refractivity contribution in [2.24, 2.45) is 0 Å². The van der Waals surface area contributed by atoms with Gasteiger partial charge in [-0.25, -0.2) is 0 Å². The maximum atomic E-state index is 13.1. The average molecular weight is 444 g/mol. The van der Waals surface area contributed by atoms with E-state index < -0.39 is 0 Å². The van der Waals surface area contributed by atoms with Crippen LogP contribution in [0, 0.1) is 17.0 Å². The van der Waals surface area contributed by atoms with Crippen LogP contribution in [0.4, 0.5) is 17.1 Å². The first-order chi connectivity index (χ1) is 15.9. The summed E-state index contributed by atoms with van der Waals surface area (Å²) in [6.07, 6.45) is 0. The van der Waals surface area contributed by atoms with Gasteiger partial charge in [0.2, 0.25) is 0 Å². The van der Waals surface area contributed by atoms with E-state index in [-0.39, 0.29) is 22.4 Å². The molecule has 0 bridgehead atoms. The fraction of sp³-hybridized carbons (Fsp3) is 0.200. The van der Waals surface area contributed by atoms with Crippen LogP contribution in [-0.4, -0.2) is 47.8 Å². The number of carbonyl (C=O) groups excluding carboxylic acids is 2. The van der Waals surface area contributed by atoms with Crippen LogP contribution in [0.2, 0.25) is 0 Å². The molecule has 0 radical (unpaired) electrons. The van der Waals surface area contributed by atoms with Crippen molar-refractivity contribution >= 4 is 28.9 Å². The summed E-state index contributed by atoms with van der Waals surface area (Å²) < 4.78 is 0. The Hall–Kier alpha value is -4.20. The van der Waals surface area contributed by atoms with Crippen molar-refractivity contribution in [3.05, 3.63) is 99.6 Å². The molecule has 3 aromatic rings. The number of aryl methyl sites for hydroxylation is 1. The Morgan fingerprint density at radius 3 is 2.24 bits per heavy atom. The molecule has 1 heterocycles.